The Labute approximate surface area is 55.0 Å². The smallest absolute Gasteiger partial charge is 0.125 e. The maximum atomic E-state index is 4.08. The third-order valence-electron chi connectivity index (χ3n) is 1.02. The van der Waals surface area contributed by atoms with Crippen LogP contribution in [0.3, 0.4) is 0 Å². The van der Waals surface area contributed by atoms with Crippen LogP contribution in [0.1, 0.15) is 17.2 Å². The van der Waals surface area contributed by atoms with Crippen LogP contribution in [0.4, 0.5) is 0 Å². The first-order valence-corrected chi connectivity index (χ1v) is 2.83. The minimum atomic E-state index is 0.792. The zero-order chi connectivity index (χ0) is 6.85. The van der Waals surface area contributed by atoms with E-state index in [0.717, 1.165) is 17.2 Å². The molecular formula is C7H9N2. The number of rotatable bonds is 0. The van der Waals surface area contributed by atoms with Crippen molar-refractivity contribution >= 4 is 0 Å². The predicted molar refractivity (Wildman–Crippen MR) is 36.0 cm³/mol. The highest BCUT2D eigenvalue weighted by Gasteiger charge is 1.90. The van der Waals surface area contributed by atoms with Crippen molar-refractivity contribution in [3.63, 3.8) is 0 Å². The average molecular weight is 121 g/mol. The normalized spacial score (nSPS) is 9.67. The monoisotopic (exact) mass is 121 g/mol. The van der Waals surface area contributed by atoms with E-state index < -0.39 is 0 Å². The molecule has 0 aliphatic heterocycles. The Morgan fingerprint density at radius 2 is 2.00 bits per heavy atom. The van der Waals surface area contributed by atoms with Gasteiger partial charge in [0.2, 0.25) is 0 Å². The van der Waals surface area contributed by atoms with E-state index in [1.165, 1.54) is 0 Å². The second kappa shape index (κ2) is 2.13. The van der Waals surface area contributed by atoms with Gasteiger partial charge in [-0.2, -0.15) is 0 Å². The van der Waals surface area contributed by atoms with Gasteiger partial charge in [0.1, 0.15) is 5.82 Å². The van der Waals surface area contributed by atoms with Gasteiger partial charge in [-0.15, -0.1) is 0 Å². The molecule has 0 aliphatic rings. The Morgan fingerprint density at radius 3 is 2.44 bits per heavy atom. The average Bonchev–Trinajstić information content (AvgIpc) is 1.59. The molecule has 2 nitrogen and oxygen atoms in total. The Balaban J connectivity index is 3.17. The van der Waals surface area contributed by atoms with Gasteiger partial charge in [0.15, 0.2) is 0 Å². The van der Waals surface area contributed by atoms with Gasteiger partial charge in [0.25, 0.3) is 0 Å². The highest BCUT2D eigenvalue weighted by atomic mass is 14.9. The molecule has 0 N–H and O–H groups in total. The lowest BCUT2D eigenvalue weighted by Crippen LogP contribution is -1.91. The summed E-state index contributed by atoms with van der Waals surface area (Å²) in [6.45, 7) is 7.49. The molecule has 2 heteroatoms. The molecule has 1 aromatic heterocycles. The van der Waals surface area contributed by atoms with E-state index >= 15 is 0 Å². The summed E-state index contributed by atoms with van der Waals surface area (Å²) < 4.78 is 0. The molecule has 1 rings (SSSR count). The molecule has 0 atom stereocenters. The van der Waals surface area contributed by atoms with E-state index in [9.17, 15) is 0 Å². The van der Waals surface area contributed by atoms with Gasteiger partial charge in [-0.3, -0.25) is 0 Å². The molecule has 1 aromatic rings. The summed E-state index contributed by atoms with van der Waals surface area (Å²) in [6.07, 6.45) is 0. The van der Waals surface area contributed by atoms with Crippen LogP contribution < -0.4 is 0 Å². The molecule has 9 heavy (non-hydrogen) atoms. The quantitative estimate of drug-likeness (QED) is 0.516. The molecule has 0 bridgehead atoms. The van der Waals surface area contributed by atoms with Gasteiger partial charge in [0.05, 0.1) is 0 Å². The molecule has 0 fully saturated rings. The van der Waals surface area contributed by atoms with E-state index in [4.69, 9.17) is 0 Å². The Hall–Kier alpha value is -0.920. The van der Waals surface area contributed by atoms with Crippen LogP contribution in [0, 0.1) is 20.8 Å². The molecule has 0 unspecified atom stereocenters. The van der Waals surface area contributed by atoms with Crippen molar-refractivity contribution in [2.24, 2.45) is 0 Å². The van der Waals surface area contributed by atoms with Crippen molar-refractivity contribution in [1.29, 1.82) is 0 Å². The van der Waals surface area contributed by atoms with Crippen LogP contribution in [0.15, 0.2) is 6.07 Å². The Morgan fingerprint density at radius 1 is 1.33 bits per heavy atom. The number of hydrogen-bond acceptors (Lipinski definition) is 2. The van der Waals surface area contributed by atoms with Crippen molar-refractivity contribution in [2.75, 3.05) is 0 Å². The third-order valence-corrected chi connectivity index (χ3v) is 1.02. The lowest BCUT2D eigenvalue weighted by molar-refractivity contribution is 0.994. The summed E-state index contributed by atoms with van der Waals surface area (Å²) in [5, 5.41) is 0. The Kier molecular flexibility index (Phi) is 1.47. The van der Waals surface area contributed by atoms with Crippen LogP contribution in [0.2, 0.25) is 0 Å². The van der Waals surface area contributed by atoms with Crippen molar-refractivity contribution in [2.45, 2.75) is 13.8 Å². The topological polar surface area (TPSA) is 25.8 Å². The summed E-state index contributed by atoms with van der Waals surface area (Å²) in [4.78, 5) is 8.10. The van der Waals surface area contributed by atoms with E-state index in [-0.39, 0.29) is 0 Å². The SMILES string of the molecule is [CH2]c1cc(C)nc(C)n1. The minimum Gasteiger partial charge on any atom is -0.239 e. The highest BCUT2D eigenvalue weighted by molar-refractivity contribution is 5.11. The van der Waals surface area contributed by atoms with E-state index in [1.54, 1.807) is 0 Å². The van der Waals surface area contributed by atoms with Gasteiger partial charge in [0, 0.05) is 11.4 Å². The van der Waals surface area contributed by atoms with E-state index in [1.807, 2.05) is 19.9 Å². The molecule has 0 saturated carbocycles. The van der Waals surface area contributed by atoms with Gasteiger partial charge < -0.3 is 0 Å². The Bertz CT molecular complexity index is 168. The lowest BCUT2D eigenvalue weighted by atomic mass is 10.3. The zero-order valence-electron chi connectivity index (χ0n) is 5.68. The summed E-state index contributed by atoms with van der Waals surface area (Å²) >= 11 is 0. The molecule has 0 saturated heterocycles. The first-order chi connectivity index (χ1) is 4.18. The second-order valence-electron chi connectivity index (χ2n) is 2.05. The molecule has 0 aromatic carbocycles. The molecular weight excluding hydrogens is 112 g/mol. The van der Waals surface area contributed by atoms with Gasteiger partial charge in [-0.25, -0.2) is 9.97 Å². The van der Waals surface area contributed by atoms with Crippen LogP contribution in [0.25, 0.3) is 0 Å². The van der Waals surface area contributed by atoms with Gasteiger partial charge in [-0.1, -0.05) is 0 Å². The maximum absolute atomic E-state index is 4.08. The number of hydrogen-bond donors (Lipinski definition) is 0. The fourth-order valence-electron chi connectivity index (χ4n) is 0.794. The van der Waals surface area contributed by atoms with Crippen molar-refractivity contribution in [3.05, 3.63) is 30.2 Å². The summed E-state index contributed by atoms with van der Waals surface area (Å²) in [5.74, 6) is 0.792. The van der Waals surface area contributed by atoms with Crippen LogP contribution in [-0.2, 0) is 0 Å². The molecule has 0 aliphatic carbocycles. The number of aromatic nitrogens is 2. The molecule has 1 heterocycles. The highest BCUT2D eigenvalue weighted by Crippen LogP contribution is 1.96. The first-order valence-electron chi connectivity index (χ1n) is 2.83. The minimum absolute atomic E-state index is 0.792. The van der Waals surface area contributed by atoms with Gasteiger partial charge in [-0.05, 0) is 26.8 Å². The summed E-state index contributed by atoms with van der Waals surface area (Å²) in [5.41, 5.74) is 1.77. The molecule has 47 valence electrons. The number of nitrogens with zero attached hydrogens (tertiary/aromatic N) is 2. The first kappa shape index (κ1) is 6.20. The summed E-state index contributed by atoms with van der Waals surface area (Å²) in [7, 11) is 0. The van der Waals surface area contributed by atoms with Crippen LogP contribution in [-0.4, -0.2) is 9.97 Å². The second-order valence-corrected chi connectivity index (χ2v) is 2.05. The molecule has 0 amide bonds. The third kappa shape index (κ3) is 1.49. The van der Waals surface area contributed by atoms with Crippen molar-refractivity contribution < 1.29 is 0 Å². The largest absolute Gasteiger partial charge is 0.239 e. The zero-order valence-corrected chi connectivity index (χ0v) is 5.68. The molecule has 0 spiro atoms. The van der Waals surface area contributed by atoms with Crippen LogP contribution in [0.5, 0.6) is 0 Å². The number of aryl methyl sites for hydroxylation is 2. The lowest BCUT2D eigenvalue weighted by Gasteiger charge is -1.95. The van der Waals surface area contributed by atoms with Crippen molar-refractivity contribution in [1.82, 2.24) is 9.97 Å². The maximum Gasteiger partial charge on any atom is 0.125 e. The van der Waals surface area contributed by atoms with E-state index in [0.29, 0.717) is 0 Å². The predicted octanol–water partition coefficient (Wildman–Crippen LogP) is 1.28. The standard InChI is InChI=1S/C7H9N2/c1-5-4-6(2)9-7(3)8-5/h4H,1H2,2-3H3. The van der Waals surface area contributed by atoms with Crippen LogP contribution >= 0.6 is 0 Å². The van der Waals surface area contributed by atoms with E-state index in [2.05, 4.69) is 16.9 Å². The van der Waals surface area contributed by atoms with Gasteiger partial charge >= 0.3 is 0 Å². The fraction of sp³-hybridized carbons (Fsp3) is 0.286. The fourth-order valence-corrected chi connectivity index (χ4v) is 0.794. The summed E-state index contributed by atoms with van der Waals surface area (Å²) in [6, 6.07) is 1.85. The molecule has 1 radical (unpaired) electrons. The van der Waals surface area contributed by atoms with Crippen molar-refractivity contribution in [3.8, 4) is 0 Å².